The smallest absolute Gasteiger partial charge is 0.271 e. The zero-order chi connectivity index (χ0) is 15.5. The molecular formula is C15H20N4O2. The van der Waals surface area contributed by atoms with Crippen molar-refractivity contribution < 1.29 is 9.90 Å². The van der Waals surface area contributed by atoms with Crippen molar-refractivity contribution in [2.45, 2.75) is 13.8 Å². The Morgan fingerprint density at radius 2 is 2.00 bits per heavy atom. The van der Waals surface area contributed by atoms with Crippen molar-refractivity contribution in [1.82, 2.24) is 15.1 Å². The normalized spacial score (nSPS) is 11.4. The van der Waals surface area contributed by atoms with Crippen molar-refractivity contribution in [3.8, 4) is 5.69 Å². The number of hydrogen-bond donors (Lipinski definition) is 3. The summed E-state index contributed by atoms with van der Waals surface area (Å²) in [6, 6.07) is 8.87. The van der Waals surface area contributed by atoms with Crippen molar-refractivity contribution in [1.29, 1.82) is 0 Å². The Bertz CT molecular complexity index is 617. The molecule has 0 saturated heterocycles. The molecule has 0 saturated carbocycles. The lowest BCUT2D eigenvalue weighted by Crippen LogP contribution is -2.36. The van der Waals surface area contributed by atoms with Crippen LogP contribution in [0.25, 0.3) is 5.69 Å². The minimum absolute atomic E-state index is 0.00710. The van der Waals surface area contributed by atoms with Crippen LogP contribution < -0.4 is 11.1 Å². The number of nitrogen functional groups attached to an aromatic ring is 1. The Labute approximate surface area is 123 Å². The van der Waals surface area contributed by atoms with Gasteiger partial charge in [-0.05, 0) is 30.3 Å². The first-order valence-corrected chi connectivity index (χ1v) is 6.72. The van der Waals surface area contributed by atoms with E-state index in [1.165, 1.54) is 0 Å². The second kappa shape index (κ2) is 5.97. The van der Waals surface area contributed by atoms with Gasteiger partial charge in [-0.1, -0.05) is 13.8 Å². The van der Waals surface area contributed by atoms with Gasteiger partial charge in [0.05, 0.1) is 5.69 Å². The van der Waals surface area contributed by atoms with E-state index in [0.29, 0.717) is 17.9 Å². The largest absolute Gasteiger partial charge is 0.399 e. The van der Waals surface area contributed by atoms with E-state index >= 15 is 0 Å². The molecule has 0 aliphatic heterocycles. The van der Waals surface area contributed by atoms with Crippen LogP contribution in [0.4, 0.5) is 5.69 Å². The first-order chi connectivity index (χ1) is 9.91. The summed E-state index contributed by atoms with van der Waals surface area (Å²) < 4.78 is 1.62. The molecule has 1 aromatic carbocycles. The van der Waals surface area contributed by atoms with Crippen molar-refractivity contribution >= 4 is 11.6 Å². The summed E-state index contributed by atoms with van der Waals surface area (Å²) in [6.45, 7) is 4.14. The van der Waals surface area contributed by atoms with Gasteiger partial charge in [0.15, 0.2) is 5.69 Å². The fourth-order valence-corrected chi connectivity index (χ4v) is 1.68. The van der Waals surface area contributed by atoms with Gasteiger partial charge in [-0.15, -0.1) is 0 Å². The lowest BCUT2D eigenvalue weighted by Gasteiger charge is -2.21. The Kier molecular flexibility index (Phi) is 4.28. The number of hydrogen-bond acceptors (Lipinski definition) is 4. The Morgan fingerprint density at radius 3 is 2.62 bits per heavy atom. The van der Waals surface area contributed by atoms with Gasteiger partial charge in [0.2, 0.25) is 0 Å². The van der Waals surface area contributed by atoms with Gasteiger partial charge in [0.1, 0.15) is 0 Å². The van der Waals surface area contributed by atoms with Gasteiger partial charge in [-0.2, -0.15) is 5.10 Å². The van der Waals surface area contributed by atoms with Crippen molar-refractivity contribution in [3.05, 3.63) is 42.2 Å². The molecule has 0 spiro atoms. The summed E-state index contributed by atoms with van der Waals surface area (Å²) in [6.07, 6.45) is 1.72. The number of aliphatic hydroxyl groups is 1. The Morgan fingerprint density at radius 1 is 1.33 bits per heavy atom. The SMILES string of the molecule is CC(C)(CO)CNC(=O)c1ccn(-c2ccc(N)cc2)n1. The highest BCUT2D eigenvalue weighted by atomic mass is 16.3. The highest BCUT2D eigenvalue weighted by Gasteiger charge is 2.19. The quantitative estimate of drug-likeness (QED) is 0.721. The molecule has 2 rings (SSSR count). The van der Waals surface area contributed by atoms with E-state index in [0.717, 1.165) is 5.69 Å². The maximum Gasteiger partial charge on any atom is 0.271 e. The Hall–Kier alpha value is -2.34. The zero-order valence-corrected chi connectivity index (χ0v) is 12.2. The molecule has 0 atom stereocenters. The molecule has 0 radical (unpaired) electrons. The summed E-state index contributed by atoms with van der Waals surface area (Å²) in [5.74, 6) is -0.259. The third-order valence-corrected chi connectivity index (χ3v) is 3.13. The first-order valence-electron chi connectivity index (χ1n) is 6.72. The second-order valence-electron chi connectivity index (χ2n) is 5.74. The highest BCUT2D eigenvalue weighted by molar-refractivity contribution is 5.92. The summed E-state index contributed by atoms with van der Waals surface area (Å²) in [5.41, 5.74) is 7.13. The fraction of sp³-hybridized carbons (Fsp3) is 0.333. The van der Waals surface area contributed by atoms with Gasteiger partial charge in [-0.3, -0.25) is 4.79 Å². The highest BCUT2D eigenvalue weighted by Crippen LogP contribution is 2.13. The number of rotatable bonds is 5. The molecule has 0 bridgehead atoms. The third kappa shape index (κ3) is 3.82. The minimum atomic E-state index is -0.352. The van der Waals surface area contributed by atoms with E-state index in [9.17, 15) is 9.90 Å². The number of anilines is 1. The summed E-state index contributed by atoms with van der Waals surface area (Å²) >= 11 is 0. The standard InChI is InChI=1S/C15H20N4O2/c1-15(2,10-20)9-17-14(21)13-7-8-19(18-13)12-5-3-11(16)4-6-12/h3-8,20H,9-10,16H2,1-2H3,(H,17,21). The molecule has 0 unspecified atom stereocenters. The Balaban J connectivity index is 2.06. The van der Waals surface area contributed by atoms with Crippen LogP contribution in [0.1, 0.15) is 24.3 Å². The maximum atomic E-state index is 12.0. The molecule has 1 amide bonds. The van der Waals surface area contributed by atoms with Gasteiger partial charge in [0, 0.05) is 30.5 Å². The number of nitrogens with two attached hydrogens (primary N) is 1. The molecule has 0 aliphatic carbocycles. The zero-order valence-electron chi connectivity index (χ0n) is 12.2. The number of aliphatic hydroxyl groups excluding tert-OH is 1. The van der Waals surface area contributed by atoms with E-state index in [1.54, 1.807) is 29.1 Å². The topological polar surface area (TPSA) is 93.2 Å². The van der Waals surface area contributed by atoms with E-state index in [-0.39, 0.29) is 17.9 Å². The molecule has 21 heavy (non-hydrogen) atoms. The first kappa shape index (κ1) is 15.1. The number of carbonyl (C=O) groups is 1. The summed E-state index contributed by atoms with van der Waals surface area (Å²) in [5, 5.41) is 16.2. The molecule has 6 heteroatoms. The molecule has 0 aliphatic rings. The monoisotopic (exact) mass is 288 g/mol. The molecule has 0 fully saturated rings. The minimum Gasteiger partial charge on any atom is -0.399 e. The summed E-state index contributed by atoms with van der Waals surface area (Å²) in [7, 11) is 0. The van der Waals surface area contributed by atoms with E-state index in [2.05, 4.69) is 10.4 Å². The maximum absolute atomic E-state index is 12.0. The van der Waals surface area contributed by atoms with Crippen molar-refractivity contribution in [2.24, 2.45) is 5.41 Å². The van der Waals surface area contributed by atoms with E-state index in [1.807, 2.05) is 26.0 Å². The average molecular weight is 288 g/mol. The van der Waals surface area contributed by atoms with Crippen LogP contribution in [-0.2, 0) is 0 Å². The number of benzene rings is 1. The fourth-order valence-electron chi connectivity index (χ4n) is 1.68. The molecule has 2 aromatic rings. The van der Waals surface area contributed by atoms with Crippen LogP contribution >= 0.6 is 0 Å². The third-order valence-electron chi connectivity index (χ3n) is 3.13. The lowest BCUT2D eigenvalue weighted by molar-refractivity contribution is 0.0905. The van der Waals surface area contributed by atoms with Gasteiger partial charge in [0.25, 0.3) is 5.91 Å². The van der Waals surface area contributed by atoms with Crippen LogP contribution in [0.3, 0.4) is 0 Å². The second-order valence-corrected chi connectivity index (χ2v) is 5.74. The molecule has 6 nitrogen and oxygen atoms in total. The number of aromatic nitrogens is 2. The molecule has 1 heterocycles. The van der Waals surface area contributed by atoms with Gasteiger partial charge in [-0.25, -0.2) is 4.68 Å². The van der Waals surface area contributed by atoms with E-state index in [4.69, 9.17) is 5.73 Å². The van der Waals surface area contributed by atoms with Crippen LogP contribution in [0, 0.1) is 5.41 Å². The van der Waals surface area contributed by atoms with Crippen molar-refractivity contribution in [3.63, 3.8) is 0 Å². The predicted octanol–water partition coefficient (Wildman–Crippen LogP) is 1.20. The number of nitrogens with zero attached hydrogens (tertiary/aromatic N) is 2. The average Bonchev–Trinajstić information content (AvgIpc) is 2.95. The van der Waals surface area contributed by atoms with Crippen molar-refractivity contribution in [2.75, 3.05) is 18.9 Å². The van der Waals surface area contributed by atoms with Crippen LogP contribution in [-0.4, -0.2) is 33.9 Å². The van der Waals surface area contributed by atoms with E-state index < -0.39 is 0 Å². The van der Waals surface area contributed by atoms with Crippen LogP contribution in [0.5, 0.6) is 0 Å². The predicted molar refractivity (Wildman–Crippen MR) is 81.2 cm³/mol. The van der Waals surface area contributed by atoms with Crippen LogP contribution in [0.2, 0.25) is 0 Å². The number of amides is 1. The number of carbonyl (C=O) groups excluding carboxylic acids is 1. The van der Waals surface area contributed by atoms with Gasteiger partial charge >= 0.3 is 0 Å². The lowest BCUT2D eigenvalue weighted by atomic mass is 9.95. The molecule has 112 valence electrons. The van der Waals surface area contributed by atoms with Gasteiger partial charge < -0.3 is 16.2 Å². The molecular weight excluding hydrogens is 268 g/mol. The van der Waals surface area contributed by atoms with Crippen LogP contribution in [0.15, 0.2) is 36.5 Å². The molecule has 1 aromatic heterocycles. The number of nitrogens with one attached hydrogen (secondary N) is 1. The molecule has 4 N–H and O–H groups in total. The summed E-state index contributed by atoms with van der Waals surface area (Å²) in [4.78, 5) is 12.0.